The third-order valence-electron chi connectivity index (χ3n) is 2.79. The van der Waals surface area contributed by atoms with E-state index in [9.17, 15) is 13.2 Å². The Labute approximate surface area is 102 Å². The second-order valence-electron chi connectivity index (χ2n) is 4.12. The highest BCUT2D eigenvalue weighted by atomic mass is 32.2. The SMILES string of the molecule is CCCNS(=O)(=O)N1CCCC(C(=O)OC)C1. The lowest BCUT2D eigenvalue weighted by Gasteiger charge is -2.30. The molecule has 0 aliphatic carbocycles. The van der Waals surface area contributed by atoms with Crippen molar-refractivity contribution in [3.05, 3.63) is 0 Å². The van der Waals surface area contributed by atoms with Crippen LogP contribution < -0.4 is 4.72 Å². The molecule has 1 aliphatic rings. The summed E-state index contributed by atoms with van der Waals surface area (Å²) in [4.78, 5) is 11.4. The van der Waals surface area contributed by atoms with Crippen molar-refractivity contribution < 1.29 is 17.9 Å². The highest BCUT2D eigenvalue weighted by molar-refractivity contribution is 7.87. The second-order valence-corrected chi connectivity index (χ2v) is 5.87. The molecule has 1 atom stereocenters. The van der Waals surface area contributed by atoms with E-state index in [2.05, 4.69) is 9.46 Å². The molecule has 0 aromatic rings. The summed E-state index contributed by atoms with van der Waals surface area (Å²) < 4.78 is 32.2. The highest BCUT2D eigenvalue weighted by Crippen LogP contribution is 2.19. The van der Waals surface area contributed by atoms with E-state index in [0.717, 1.165) is 6.42 Å². The lowest BCUT2D eigenvalue weighted by molar-refractivity contribution is -0.146. The summed E-state index contributed by atoms with van der Waals surface area (Å²) in [5.74, 6) is -0.674. The minimum absolute atomic E-state index is 0.214. The van der Waals surface area contributed by atoms with Crippen molar-refractivity contribution in [1.82, 2.24) is 9.03 Å². The lowest BCUT2D eigenvalue weighted by atomic mass is 10.0. The van der Waals surface area contributed by atoms with Gasteiger partial charge in [-0.15, -0.1) is 0 Å². The van der Waals surface area contributed by atoms with Gasteiger partial charge in [-0.3, -0.25) is 4.79 Å². The van der Waals surface area contributed by atoms with Crippen molar-refractivity contribution in [2.75, 3.05) is 26.7 Å². The number of piperidine rings is 1. The van der Waals surface area contributed by atoms with Crippen LogP contribution in [0.5, 0.6) is 0 Å². The van der Waals surface area contributed by atoms with Crippen molar-refractivity contribution in [3.63, 3.8) is 0 Å². The molecular weight excluding hydrogens is 244 g/mol. The zero-order chi connectivity index (χ0) is 12.9. The van der Waals surface area contributed by atoms with Crippen LogP contribution in [0.3, 0.4) is 0 Å². The van der Waals surface area contributed by atoms with Crippen LogP contribution in [0.2, 0.25) is 0 Å². The van der Waals surface area contributed by atoms with Gasteiger partial charge in [0.15, 0.2) is 0 Å². The first-order valence-corrected chi connectivity index (χ1v) is 7.27. The van der Waals surface area contributed by atoms with Crippen LogP contribution in [-0.4, -0.2) is 45.4 Å². The molecule has 6 nitrogen and oxygen atoms in total. The highest BCUT2D eigenvalue weighted by Gasteiger charge is 2.32. The summed E-state index contributed by atoms with van der Waals surface area (Å²) >= 11 is 0. The molecule has 0 amide bonds. The minimum Gasteiger partial charge on any atom is -0.469 e. The van der Waals surface area contributed by atoms with Crippen LogP contribution in [0.4, 0.5) is 0 Å². The Hall–Kier alpha value is -0.660. The topological polar surface area (TPSA) is 75.7 Å². The first-order chi connectivity index (χ1) is 8.01. The first-order valence-electron chi connectivity index (χ1n) is 5.83. The van der Waals surface area contributed by atoms with Gasteiger partial charge in [0, 0.05) is 19.6 Å². The number of nitrogens with one attached hydrogen (secondary N) is 1. The molecule has 1 rings (SSSR count). The minimum atomic E-state index is -3.44. The normalized spacial score (nSPS) is 22.4. The van der Waals surface area contributed by atoms with Crippen molar-refractivity contribution in [2.45, 2.75) is 26.2 Å². The van der Waals surface area contributed by atoms with Gasteiger partial charge >= 0.3 is 5.97 Å². The van der Waals surface area contributed by atoms with E-state index in [4.69, 9.17) is 0 Å². The standard InChI is InChI=1S/C10H20N2O4S/c1-3-6-11-17(14,15)12-7-4-5-9(8-12)10(13)16-2/h9,11H,3-8H2,1-2H3. The summed E-state index contributed by atoms with van der Waals surface area (Å²) in [6.45, 7) is 3.00. The number of methoxy groups -OCH3 is 1. The number of hydrogen-bond acceptors (Lipinski definition) is 4. The summed E-state index contributed by atoms with van der Waals surface area (Å²) in [5.41, 5.74) is 0. The van der Waals surface area contributed by atoms with Crippen molar-refractivity contribution in [1.29, 1.82) is 0 Å². The monoisotopic (exact) mass is 264 g/mol. The molecule has 1 fully saturated rings. The van der Waals surface area contributed by atoms with E-state index in [1.54, 1.807) is 0 Å². The summed E-state index contributed by atoms with van der Waals surface area (Å²) in [7, 11) is -2.12. The van der Waals surface area contributed by atoms with Gasteiger partial charge in [0.25, 0.3) is 10.2 Å². The van der Waals surface area contributed by atoms with Gasteiger partial charge in [-0.2, -0.15) is 12.7 Å². The molecule has 1 aliphatic heterocycles. The quantitative estimate of drug-likeness (QED) is 0.715. The number of nitrogens with zero attached hydrogens (tertiary/aromatic N) is 1. The maximum atomic E-state index is 11.9. The largest absolute Gasteiger partial charge is 0.469 e. The van der Waals surface area contributed by atoms with Crippen LogP contribution in [0, 0.1) is 5.92 Å². The molecule has 0 aromatic carbocycles. The van der Waals surface area contributed by atoms with E-state index in [0.29, 0.717) is 25.9 Å². The molecular formula is C10H20N2O4S. The van der Waals surface area contributed by atoms with E-state index in [1.807, 2.05) is 6.92 Å². The Morgan fingerprint density at radius 2 is 2.24 bits per heavy atom. The van der Waals surface area contributed by atoms with E-state index < -0.39 is 10.2 Å². The zero-order valence-corrected chi connectivity index (χ0v) is 11.1. The fraction of sp³-hybridized carbons (Fsp3) is 0.900. The van der Waals surface area contributed by atoms with Crippen molar-refractivity contribution >= 4 is 16.2 Å². The van der Waals surface area contributed by atoms with E-state index >= 15 is 0 Å². The average molecular weight is 264 g/mol. The number of ether oxygens (including phenoxy) is 1. The molecule has 1 unspecified atom stereocenters. The molecule has 0 saturated carbocycles. The van der Waals surface area contributed by atoms with Crippen molar-refractivity contribution in [2.24, 2.45) is 5.92 Å². The van der Waals surface area contributed by atoms with Gasteiger partial charge in [0.2, 0.25) is 0 Å². The third-order valence-corrected chi connectivity index (χ3v) is 4.37. The van der Waals surface area contributed by atoms with Gasteiger partial charge in [-0.25, -0.2) is 4.72 Å². The van der Waals surface area contributed by atoms with Gasteiger partial charge < -0.3 is 4.74 Å². The molecule has 1 heterocycles. The Morgan fingerprint density at radius 3 is 2.82 bits per heavy atom. The molecule has 0 aromatic heterocycles. The predicted octanol–water partition coefficient (Wildman–Crippen LogP) is 0.116. The van der Waals surface area contributed by atoms with Gasteiger partial charge in [0.05, 0.1) is 13.0 Å². The first kappa shape index (κ1) is 14.4. The Kier molecular flexibility index (Phi) is 5.35. The molecule has 1 saturated heterocycles. The number of rotatable bonds is 5. The van der Waals surface area contributed by atoms with Crippen LogP contribution in [0.25, 0.3) is 0 Å². The summed E-state index contributed by atoms with van der Waals surface area (Å²) in [6, 6.07) is 0. The Balaban J connectivity index is 2.63. The van der Waals surface area contributed by atoms with Crippen LogP contribution >= 0.6 is 0 Å². The predicted molar refractivity (Wildman–Crippen MR) is 63.5 cm³/mol. The van der Waals surface area contributed by atoms with Crippen LogP contribution in [0.1, 0.15) is 26.2 Å². The summed E-state index contributed by atoms with van der Waals surface area (Å²) in [5, 5.41) is 0. The zero-order valence-electron chi connectivity index (χ0n) is 10.3. The maximum absolute atomic E-state index is 11.9. The molecule has 0 bridgehead atoms. The van der Waals surface area contributed by atoms with E-state index in [1.165, 1.54) is 11.4 Å². The molecule has 0 spiro atoms. The third kappa shape index (κ3) is 3.93. The number of hydrogen-bond donors (Lipinski definition) is 1. The fourth-order valence-electron chi connectivity index (χ4n) is 1.84. The number of esters is 1. The van der Waals surface area contributed by atoms with Crippen molar-refractivity contribution in [3.8, 4) is 0 Å². The van der Waals surface area contributed by atoms with E-state index in [-0.39, 0.29) is 18.4 Å². The molecule has 100 valence electrons. The fourth-order valence-corrected chi connectivity index (χ4v) is 3.23. The van der Waals surface area contributed by atoms with Crippen LogP contribution in [-0.2, 0) is 19.7 Å². The molecule has 0 radical (unpaired) electrons. The second kappa shape index (κ2) is 6.32. The molecule has 1 N–H and O–H groups in total. The van der Waals surface area contributed by atoms with Gasteiger partial charge in [-0.1, -0.05) is 6.92 Å². The lowest BCUT2D eigenvalue weighted by Crippen LogP contribution is -2.47. The molecule has 17 heavy (non-hydrogen) atoms. The molecule has 7 heteroatoms. The van der Waals surface area contributed by atoms with Gasteiger partial charge in [-0.05, 0) is 19.3 Å². The number of carbonyl (C=O) groups excluding carboxylic acids is 1. The van der Waals surface area contributed by atoms with Gasteiger partial charge in [0.1, 0.15) is 0 Å². The smallest absolute Gasteiger partial charge is 0.309 e. The Morgan fingerprint density at radius 1 is 1.53 bits per heavy atom. The summed E-state index contributed by atoms with van der Waals surface area (Å²) in [6.07, 6.45) is 2.12. The Bertz CT molecular complexity index is 355. The van der Waals surface area contributed by atoms with Crippen LogP contribution in [0.15, 0.2) is 0 Å². The maximum Gasteiger partial charge on any atom is 0.309 e. The average Bonchev–Trinajstić information content (AvgIpc) is 2.35. The number of carbonyl (C=O) groups is 1.